The number of nitrogens with one attached hydrogen (secondary N) is 2. The lowest BCUT2D eigenvalue weighted by atomic mass is 10.1. The zero-order chi connectivity index (χ0) is 14.3. The molecule has 1 atom stereocenters. The van der Waals surface area contributed by atoms with Gasteiger partial charge in [-0.05, 0) is 48.9 Å². The Morgan fingerprint density at radius 3 is 2.70 bits per heavy atom. The van der Waals surface area contributed by atoms with E-state index in [0.29, 0.717) is 0 Å². The maximum Gasteiger partial charge on any atom is 0.251 e. The monoisotopic (exact) mass is 394 g/mol. The van der Waals surface area contributed by atoms with E-state index in [1.165, 1.54) is 0 Å². The number of amides is 1. The van der Waals surface area contributed by atoms with Crippen molar-refractivity contribution in [2.24, 2.45) is 0 Å². The fraction of sp³-hybridized carbons (Fsp3) is 0.133. The first kappa shape index (κ1) is 13.6. The normalized spacial score (nSPS) is 16.8. The number of carbonyl (C=O) groups excluding carboxylic acids is 1. The maximum absolute atomic E-state index is 12.1. The van der Waals surface area contributed by atoms with Crippen LogP contribution in [0, 0.1) is 6.92 Å². The van der Waals surface area contributed by atoms with E-state index in [-0.39, 0.29) is 11.9 Å². The van der Waals surface area contributed by atoms with Crippen LogP contribution in [-0.2, 0) is 4.79 Å². The van der Waals surface area contributed by atoms with E-state index in [1.807, 2.05) is 43.3 Å². The predicted molar refractivity (Wildman–Crippen MR) is 88.0 cm³/mol. The highest BCUT2D eigenvalue weighted by atomic mass is 79.9. The molecule has 0 aliphatic carbocycles. The van der Waals surface area contributed by atoms with Gasteiger partial charge in [0.2, 0.25) is 0 Å². The van der Waals surface area contributed by atoms with Gasteiger partial charge < -0.3 is 10.6 Å². The molecule has 3 nitrogen and oxygen atoms in total. The number of anilines is 2. The van der Waals surface area contributed by atoms with E-state index in [9.17, 15) is 4.79 Å². The summed E-state index contributed by atoms with van der Waals surface area (Å²) in [6, 6.07) is 11.4. The molecule has 0 spiro atoms. The molecule has 0 bridgehead atoms. The lowest BCUT2D eigenvalue weighted by Gasteiger charge is -2.14. The summed E-state index contributed by atoms with van der Waals surface area (Å²) in [6.45, 7) is 2.02. The van der Waals surface area contributed by atoms with E-state index >= 15 is 0 Å². The van der Waals surface area contributed by atoms with E-state index in [4.69, 9.17) is 0 Å². The number of aryl methyl sites for hydroxylation is 1. The minimum Gasteiger partial charge on any atom is -0.370 e. The van der Waals surface area contributed by atoms with Crippen molar-refractivity contribution in [2.45, 2.75) is 13.0 Å². The Morgan fingerprint density at radius 1 is 1.15 bits per heavy atom. The molecule has 2 aromatic carbocycles. The molecule has 0 aromatic heterocycles. The average Bonchev–Trinajstić information content (AvgIpc) is 2.70. The molecule has 1 heterocycles. The average molecular weight is 396 g/mol. The van der Waals surface area contributed by atoms with Crippen LogP contribution in [-0.4, -0.2) is 5.91 Å². The van der Waals surface area contributed by atoms with Gasteiger partial charge in [-0.3, -0.25) is 4.79 Å². The van der Waals surface area contributed by atoms with Gasteiger partial charge in [0, 0.05) is 25.9 Å². The van der Waals surface area contributed by atoms with Crippen LogP contribution in [0.2, 0.25) is 0 Å². The summed E-state index contributed by atoms with van der Waals surface area (Å²) in [5.41, 5.74) is 3.89. The minimum absolute atomic E-state index is 0.0290. The van der Waals surface area contributed by atoms with E-state index in [1.54, 1.807) is 0 Å². The Morgan fingerprint density at radius 2 is 1.95 bits per heavy atom. The zero-order valence-electron chi connectivity index (χ0n) is 10.7. The SMILES string of the molecule is Cc1cc(NC2C(=O)Nc3ccc(Br)cc32)ccc1Br. The Balaban J connectivity index is 1.93. The molecule has 1 aliphatic heterocycles. The van der Waals surface area contributed by atoms with Crippen molar-refractivity contribution in [2.75, 3.05) is 10.6 Å². The highest BCUT2D eigenvalue weighted by Crippen LogP contribution is 2.35. The third-order valence-electron chi connectivity index (χ3n) is 3.31. The van der Waals surface area contributed by atoms with Crippen LogP contribution in [0.1, 0.15) is 17.2 Å². The molecule has 0 fully saturated rings. The largest absolute Gasteiger partial charge is 0.370 e. The summed E-state index contributed by atoms with van der Waals surface area (Å²) in [6.07, 6.45) is 0. The number of halogens is 2. The molecule has 5 heteroatoms. The highest BCUT2D eigenvalue weighted by Gasteiger charge is 2.30. The minimum atomic E-state index is -0.358. The molecule has 0 radical (unpaired) electrons. The van der Waals surface area contributed by atoms with Crippen LogP contribution in [0.15, 0.2) is 45.3 Å². The molecule has 1 unspecified atom stereocenters. The molecule has 102 valence electrons. The first-order chi connectivity index (χ1) is 9.54. The first-order valence-corrected chi connectivity index (χ1v) is 7.76. The van der Waals surface area contributed by atoms with Gasteiger partial charge in [0.05, 0.1) is 0 Å². The molecule has 0 saturated heterocycles. The quantitative estimate of drug-likeness (QED) is 0.778. The molecule has 2 aromatic rings. The molecular weight excluding hydrogens is 384 g/mol. The summed E-state index contributed by atoms with van der Waals surface area (Å²) in [4.78, 5) is 12.1. The summed E-state index contributed by atoms with van der Waals surface area (Å²) in [7, 11) is 0. The van der Waals surface area contributed by atoms with Gasteiger partial charge in [-0.2, -0.15) is 0 Å². The number of hydrogen-bond acceptors (Lipinski definition) is 2. The summed E-state index contributed by atoms with van der Waals surface area (Å²) in [5, 5.41) is 6.18. The second kappa shape index (κ2) is 5.22. The van der Waals surface area contributed by atoms with Crippen LogP contribution in [0.25, 0.3) is 0 Å². The Kier molecular flexibility index (Phi) is 3.56. The van der Waals surface area contributed by atoms with E-state index in [0.717, 1.165) is 31.4 Å². The second-order valence-corrected chi connectivity index (χ2v) is 6.53. The van der Waals surface area contributed by atoms with Crippen LogP contribution >= 0.6 is 31.9 Å². The van der Waals surface area contributed by atoms with Crippen molar-refractivity contribution in [3.05, 3.63) is 56.5 Å². The first-order valence-electron chi connectivity index (χ1n) is 6.17. The molecule has 1 amide bonds. The predicted octanol–water partition coefficient (Wildman–Crippen LogP) is 4.63. The standard InChI is InChI=1S/C15H12Br2N2O/c1-8-6-10(3-4-12(8)17)18-14-11-7-9(16)2-5-13(11)19-15(14)20/h2-7,14,18H,1H3,(H,19,20). The third-order valence-corrected chi connectivity index (χ3v) is 4.70. The van der Waals surface area contributed by atoms with Gasteiger partial charge in [-0.15, -0.1) is 0 Å². The van der Waals surface area contributed by atoms with Gasteiger partial charge in [0.25, 0.3) is 5.91 Å². The molecule has 0 saturated carbocycles. The number of fused-ring (bicyclic) bond motifs is 1. The lowest BCUT2D eigenvalue weighted by molar-refractivity contribution is -0.116. The number of hydrogen-bond donors (Lipinski definition) is 2. The Labute approximate surface area is 134 Å². The fourth-order valence-electron chi connectivity index (χ4n) is 2.28. The summed E-state index contributed by atoms with van der Waals surface area (Å²) >= 11 is 6.92. The van der Waals surface area contributed by atoms with Gasteiger partial charge in [-0.1, -0.05) is 31.9 Å². The van der Waals surface area contributed by atoms with Gasteiger partial charge in [0.1, 0.15) is 6.04 Å². The topological polar surface area (TPSA) is 41.1 Å². The second-order valence-electron chi connectivity index (χ2n) is 4.76. The van der Waals surface area contributed by atoms with Crippen LogP contribution in [0.5, 0.6) is 0 Å². The van der Waals surface area contributed by atoms with Crippen LogP contribution in [0.3, 0.4) is 0 Å². The van der Waals surface area contributed by atoms with Crippen molar-refractivity contribution in [3.63, 3.8) is 0 Å². The van der Waals surface area contributed by atoms with Gasteiger partial charge >= 0.3 is 0 Å². The number of carbonyl (C=O) groups is 1. The molecule has 1 aliphatic rings. The van der Waals surface area contributed by atoms with Crippen LogP contribution < -0.4 is 10.6 Å². The summed E-state index contributed by atoms with van der Waals surface area (Å²) in [5.74, 6) is -0.0290. The third kappa shape index (κ3) is 2.47. The van der Waals surface area contributed by atoms with Crippen molar-refractivity contribution in [1.82, 2.24) is 0 Å². The van der Waals surface area contributed by atoms with E-state index in [2.05, 4.69) is 42.5 Å². The molecular formula is C15H12Br2N2O. The lowest BCUT2D eigenvalue weighted by Crippen LogP contribution is -2.19. The molecule has 2 N–H and O–H groups in total. The molecule has 20 heavy (non-hydrogen) atoms. The van der Waals surface area contributed by atoms with Gasteiger partial charge in [0.15, 0.2) is 0 Å². The number of benzene rings is 2. The Hall–Kier alpha value is -1.33. The van der Waals surface area contributed by atoms with Crippen molar-refractivity contribution in [1.29, 1.82) is 0 Å². The molecule has 3 rings (SSSR count). The maximum atomic E-state index is 12.1. The van der Waals surface area contributed by atoms with E-state index < -0.39 is 0 Å². The van der Waals surface area contributed by atoms with Crippen molar-refractivity contribution >= 4 is 49.1 Å². The fourth-order valence-corrected chi connectivity index (χ4v) is 2.90. The highest BCUT2D eigenvalue weighted by molar-refractivity contribution is 9.10. The van der Waals surface area contributed by atoms with Crippen molar-refractivity contribution in [3.8, 4) is 0 Å². The Bertz CT molecular complexity index is 700. The van der Waals surface area contributed by atoms with Crippen molar-refractivity contribution < 1.29 is 4.79 Å². The smallest absolute Gasteiger partial charge is 0.251 e. The summed E-state index contributed by atoms with van der Waals surface area (Å²) < 4.78 is 2.02. The van der Waals surface area contributed by atoms with Crippen LogP contribution in [0.4, 0.5) is 11.4 Å². The van der Waals surface area contributed by atoms with Gasteiger partial charge in [-0.25, -0.2) is 0 Å². The zero-order valence-corrected chi connectivity index (χ0v) is 13.9. The number of rotatable bonds is 2.